The summed E-state index contributed by atoms with van der Waals surface area (Å²) in [5.74, 6) is 0. The van der Waals surface area contributed by atoms with Gasteiger partial charge in [-0.25, -0.2) is 4.98 Å². The van der Waals surface area contributed by atoms with Crippen molar-refractivity contribution >= 4 is 28.5 Å². The molecule has 2 rings (SSSR count). The standard InChI is InChI=1S/C9H8N2OS/c1-2-3-8-7(5-12)11-6-10-4-9(11)13-8/h2-6H,1H3/b3-2+. The number of carbonyl (C=O) groups excluding carboxylic acids is 1. The van der Waals surface area contributed by atoms with Crippen molar-refractivity contribution in [3.8, 4) is 0 Å². The molecule has 2 aromatic rings. The van der Waals surface area contributed by atoms with Gasteiger partial charge in [0, 0.05) is 0 Å². The molecular formula is C9H8N2OS. The number of imidazole rings is 1. The molecule has 0 N–H and O–H groups in total. The van der Waals surface area contributed by atoms with E-state index in [0.29, 0.717) is 5.69 Å². The summed E-state index contributed by atoms with van der Waals surface area (Å²) in [6.07, 6.45) is 8.13. The second-order valence-corrected chi connectivity index (χ2v) is 3.63. The molecule has 0 bridgehead atoms. The monoisotopic (exact) mass is 192 g/mol. The summed E-state index contributed by atoms with van der Waals surface area (Å²) >= 11 is 1.56. The number of hydrogen-bond acceptors (Lipinski definition) is 3. The number of rotatable bonds is 2. The molecule has 0 unspecified atom stereocenters. The number of aromatic nitrogens is 2. The predicted octanol–water partition coefficient (Wildman–Crippen LogP) is 2.24. The summed E-state index contributed by atoms with van der Waals surface area (Å²) in [6, 6.07) is 0. The number of aldehydes is 1. The van der Waals surface area contributed by atoms with Crippen LogP contribution in [0.15, 0.2) is 18.6 Å². The summed E-state index contributed by atoms with van der Waals surface area (Å²) in [6.45, 7) is 1.93. The van der Waals surface area contributed by atoms with Gasteiger partial charge in [-0.3, -0.25) is 9.20 Å². The molecule has 0 aliphatic heterocycles. The van der Waals surface area contributed by atoms with E-state index < -0.39 is 0 Å². The zero-order valence-corrected chi connectivity index (χ0v) is 7.91. The summed E-state index contributed by atoms with van der Waals surface area (Å²) in [5, 5.41) is 0. The maximum Gasteiger partial charge on any atom is 0.168 e. The number of thiazole rings is 1. The van der Waals surface area contributed by atoms with Gasteiger partial charge in [0.15, 0.2) is 6.29 Å². The number of allylic oxidation sites excluding steroid dienone is 1. The quantitative estimate of drug-likeness (QED) is 0.684. The van der Waals surface area contributed by atoms with E-state index in [1.807, 2.05) is 19.1 Å². The summed E-state index contributed by atoms with van der Waals surface area (Å²) in [4.78, 5) is 16.7. The lowest BCUT2D eigenvalue weighted by Crippen LogP contribution is -1.88. The zero-order chi connectivity index (χ0) is 9.26. The van der Waals surface area contributed by atoms with Crippen molar-refractivity contribution in [2.75, 3.05) is 0 Å². The van der Waals surface area contributed by atoms with Gasteiger partial charge in [0.1, 0.15) is 16.9 Å². The van der Waals surface area contributed by atoms with Crippen molar-refractivity contribution in [3.05, 3.63) is 29.2 Å². The predicted molar refractivity (Wildman–Crippen MR) is 53.2 cm³/mol. The lowest BCUT2D eigenvalue weighted by molar-refractivity contribution is 0.111. The van der Waals surface area contributed by atoms with Gasteiger partial charge >= 0.3 is 0 Å². The van der Waals surface area contributed by atoms with Crippen LogP contribution >= 0.6 is 11.3 Å². The number of carbonyl (C=O) groups is 1. The number of hydrogen-bond donors (Lipinski definition) is 0. The Hall–Kier alpha value is -1.42. The molecule has 66 valence electrons. The highest BCUT2D eigenvalue weighted by Gasteiger charge is 2.08. The fourth-order valence-electron chi connectivity index (χ4n) is 1.21. The van der Waals surface area contributed by atoms with Crippen LogP contribution in [0.1, 0.15) is 22.3 Å². The lowest BCUT2D eigenvalue weighted by atomic mass is 10.3. The molecule has 0 spiro atoms. The summed E-state index contributed by atoms with van der Waals surface area (Å²) in [5.41, 5.74) is 0.676. The fraction of sp³-hybridized carbons (Fsp3) is 0.111. The van der Waals surface area contributed by atoms with E-state index in [-0.39, 0.29) is 0 Å². The van der Waals surface area contributed by atoms with Crippen molar-refractivity contribution < 1.29 is 4.79 Å². The van der Waals surface area contributed by atoms with Gasteiger partial charge in [0.2, 0.25) is 0 Å². The molecule has 3 nitrogen and oxygen atoms in total. The average molecular weight is 192 g/mol. The molecule has 13 heavy (non-hydrogen) atoms. The Morgan fingerprint density at radius 1 is 1.62 bits per heavy atom. The van der Waals surface area contributed by atoms with E-state index in [0.717, 1.165) is 16.0 Å². The first kappa shape index (κ1) is 8.19. The van der Waals surface area contributed by atoms with Crippen LogP contribution in [0.4, 0.5) is 0 Å². The van der Waals surface area contributed by atoms with Gasteiger partial charge in [-0.2, -0.15) is 0 Å². The molecule has 0 radical (unpaired) electrons. The molecule has 0 atom stereocenters. The molecule has 0 aliphatic rings. The largest absolute Gasteiger partial charge is 0.296 e. The van der Waals surface area contributed by atoms with Crippen molar-refractivity contribution in [2.24, 2.45) is 0 Å². The molecule has 2 aromatic heterocycles. The van der Waals surface area contributed by atoms with Crippen LogP contribution in [0.3, 0.4) is 0 Å². The minimum Gasteiger partial charge on any atom is -0.296 e. The van der Waals surface area contributed by atoms with E-state index in [1.165, 1.54) is 0 Å². The van der Waals surface area contributed by atoms with Crippen molar-refractivity contribution in [3.63, 3.8) is 0 Å². The van der Waals surface area contributed by atoms with E-state index in [1.54, 1.807) is 28.3 Å². The molecule has 0 saturated carbocycles. The first-order valence-electron chi connectivity index (χ1n) is 3.89. The maximum atomic E-state index is 10.8. The van der Waals surface area contributed by atoms with Crippen LogP contribution in [-0.2, 0) is 0 Å². The average Bonchev–Trinajstić information content (AvgIpc) is 2.64. The Kier molecular flexibility index (Phi) is 1.98. The van der Waals surface area contributed by atoms with Crippen LogP contribution in [0.2, 0.25) is 0 Å². The van der Waals surface area contributed by atoms with Crippen molar-refractivity contribution in [1.29, 1.82) is 0 Å². The Bertz CT molecular complexity index is 467. The minimum atomic E-state index is 0.676. The number of nitrogens with zero attached hydrogens (tertiary/aromatic N) is 2. The second-order valence-electron chi connectivity index (χ2n) is 2.57. The van der Waals surface area contributed by atoms with Crippen LogP contribution in [-0.4, -0.2) is 15.7 Å². The first-order chi connectivity index (χ1) is 6.36. The van der Waals surface area contributed by atoms with E-state index in [9.17, 15) is 4.79 Å². The first-order valence-corrected chi connectivity index (χ1v) is 4.71. The zero-order valence-electron chi connectivity index (χ0n) is 7.10. The third kappa shape index (κ3) is 1.19. The molecular weight excluding hydrogens is 184 g/mol. The Morgan fingerprint density at radius 3 is 3.15 bits per heavy atom. The molecule has 0 aromatic carbocycles. The smallest absolute Gasteiger partial charge is 0.168 e. The van der Waals surface area contributed by atoms with Crippen molar-refractivity contribution in [1.82, 2.24) is 9.38 Å². The second kappa shape index (κ2) is 3.14. The fourth-order valence-corrected chi connectivity index (χ4v) is 2.25. The molecule has 0 amide bonds. The number of fused-ring (bicyclic) bond motifs is 1. The van der Waals surface area contributed by atoms with Gasteiger partial charge in [0.25, 0.3) is 0 Å². The Balaban J connectivity index is 2.74. The van der Waals surface area contributed by atoms with Gasteiger partial charge in [-0.05, 0) is 13.0 Å². The Morgan fingerprint density at radius 2 is 2.46 bits per heavy atom. The molecule has 2 heterocycles. The molecule has 0 fully saturated rings. The lowest BCUT2D eigenvalue weighted by Gasteiger charge is -1.88. The summed E-state index contributed by atoms with van der Waals surface area (Å²) < 4.78 is 1.80. The topological polar surface area (TPSA) is 34.4 Å². The molecule has 0 saturated heterocycles. The summed E-state index contributed by atoms with van der Waals surface area (Å²) in [7, 11) is 0. The van der Waals surface area contributed by atoms with Crippen LogP contribution in [0, 0.1) is 0 Å². The van der Waals surface area contributed by atoms with Gasteiger partial charge in [0.05, 0.1) is 11.1 Å². The van der Waals surface area contributed by atoms with Gasteiger partial charge < -0.3 is 0 Å². The third-order valence-corrected chi connectivity index (χ3v) is 2.84. The highest BCUT2D eigenvalue weighted by atomic mass is 32.1. The Labute approximate surface area is 79.3 Å². The minimum absolute atomic E-state index is 0.676. The molecule has 4 heteroatoms. The van der Waals surface area contributed by atoms with E-state index in [2.05, 4.69) is 4.98 Å². The van der Waals surface area contributed by atoms with Crippen LogP contribution in [0.5, 0.6) is 0 Å². The van der Waals surface area contributed by atoms with Gasteiger partial charge in [-0.15, -0.1) is 11.3 Å². The van der Waals surface area contributed by atoms with Gasteiger partial charge in [-0.1, -0.05) is 6.08 Å². The molecule has 0 aliphatic carbocycles. The highest BCUT2D eigenvalue weighted by Crippen LogP contribution is 2.23. The SMILES string of the molecule is C/C=C/c1sc2cncn2c1C=O. The van der Waals surface area contributed by atoms with E-state index >= 15 is 0 Å². The van der Waals surface area contributed by atoms with Crippen LogP contribution < -0.4 is 0 Å². The third-order valence-electron chi connectivity index (χ3n) is 1.76. The van der Waals surface area contributed by atoms with Crippen molar-refractivity contribution in [2.45, 2.75) is 6.92 Å². The highest BCUT2D eigenvalue weighted by molar-refractivity contribution is 7.18. The normalized spacial score (nSPS) is 11.5. The van der Waals surface area contributed by atoms with E-state index in [4.69, 9.17) is 0 Å². The maximum absolute atomic E-state index is 10.8. The van der Waals surface area contributed by atoms with Crippen LogP contribution in [0.25, 0.3) is 10.9 Å².